The molecule has 4 N–H and O–H groups in total. The molecule has 0 saturated carbocycles. The van der Waals surface area contributed by atoms with E-state index in [4.69, 9.17) is 19.4 Å². The third kappa shape index (κ3) is 11.4. The molecule has 0 aliphatic carbocycles. The summed E-state index contributed by atoms with van der Waals surface area (Å²) >= 11 is -2.02. The van der Waals surface area contributed by atoms with Crippen molar-refractivity contribution in [3.63, 3.8) is 0 Å². The summed E-state index contributed by atoms with van der Waals surface area (Å²) in [6.45, 7) is 4.43. The second-order valence-corrected chi connectivity index (χ2v) is 21.2. The zero-order valence-electron chi connectivity index (χ0n) is 32.7. The van der Waals surface area contributed by atoms with Gasteiger partial charge in [0.05, 0.1) is 0 Å². The maximum atomic E-state index is 12.8. The van der Waals surface area contributed by atoms with Gasteiger partial charge >= 0.3 is 373 Å². The molecule has 2 fully saturated rings. The number of para-hydroxylation sites is 2. The fraction of sp³-hybridized carbons (Fsp3) is 0.200. The Balaban J connectivity index is 1.06. The third-order valence-corrected chi connectivity index (χ3v) is 15.1. The van der Waals surface area contributed by atoms with E-state index < -0.39 is 61.5 Å². The van der Waals surface area contributed by atoms with Gasteiger partial charge in [0, 0.05) is 0 Å². The predicted octanol–water partition coefficient (Wildman–Crippen LogP) is 1.19. The number of nitrogens with zero attached hydrogens (tertiary/aromatic N) is 8. The van der Waals surface area contributed by atoms with E-state index in [1.54, 1.807) is 12.1 Å². The Bertz CT molecular complexity index is 2610. The van der Waals surface area contributed by atoms with Crippen LogP contribution in [0.5, 0.6) is 0 Å². The number of ether oxygens (including phenoxy) is 2. The van der Waals surface area contributed by atoms with Crippen molar-refractivity contribution >= 4 is 117 Å². The fourth-order valence-electron chi connectivity index (χ4n) is 6.35. The molecule has 0 bridgehead atoms. The van der Waals surface area contributed by atoms with Gasteiger partial charge in [0.25, 0.3) is 0 Å². The quantitative estimate of drug-likeness (QED) is 0.0682. The Morgan fingerprint density at radius 2 is 0.919 bits per heavy atom. The van der Waals surface area contributed by atoms with Crippen LogP contribution in [0.3, 0.4) is 0 Å². The minimum absolute atomic E-state index is 0.0875. The molecule has 62 heavy (non-hydrogen) atoms. The van der Waals surface area contributed by atoms with E-state index in [0.717, 1.165) is 11.4 Å². The molecule has 0 unspecified atom stereocenters. The molecule has 18 nitrogen and oxygen atoms in total. The first-order valence-electron chi connectivity index (χ1n) is 19.1. The van der Waals surface area contributed by atoms with Crippen molar-refractivity contribution in [2.45, 2.75) is 9.79 Å². The average molecular weight is 1000 g/mol. The summed E-state index contributed by atoms with van der Waals surface area (Å²) in [5, 5.41) is 6.43. The van der Waals surface area contributed by atoms with Crippen molar-refractivity contribution in [1.29, 1.82) is 0 Å². The average Bonchev–Trinajstić information content (AvgIpc) is 3.27. The molecular formula is C40H38As2N10O8S2. The molecule has 4 aromatic carbocycles. The van der Waals surface area contributed by atoms with Crippen LogP contribution in [0.4, 0.5) is 35.2 Å². The molecule has 6 aromatic rings. The Morgan fingerprint density at radius 3 is 1.29 bits per heavy atom. The molecular weight excluding hydrogens is 962 g/mol. The molecule has 0 amide bonds. The first-order chi connectivity index (χ1) is 29.9. The number of hydrogen-bond acceptors (Lipinski definition) is 16. The number of rotatable bonds is 14. The third-order valence-electron chi connectivity index (χ3n) is 9.32. The monoisotopic (exact) mass is 1000 g/mol. The molecule has 2 aromatic heterocycles. The molecule has 0 spiro atoms. The Labute approximate surface area is 371 Å². The van der Waals surface area contributed by atoms with Gasteiger partial charge in [0.15, 0.2) is 0 Å². The molecule has 0 atom stereocenters. The first kappa shape index (κ1) is 43.3. The van der Waals surface area contributed by atoms with Crippen LogP contribution >= 0.6 is 0 Å². The van der Waals surface area contributed by atoms with Gasteiger partial charge in [-0.25, -0.2) is 0 Å². The van der Waals surface area contributed by atoms with E-state index in [1.165, 1.54) is 36.4 Å². The second kappa shape index (κ2) is 19.4. The summed E-state index contributed by atoms with van der Waals surface area (Å²) in [6.07, 6.45) is 2.73. The van der Waals surface area contributed by atoms with E-state index >= 15 is 0 Å². The maximum absolute atomic E-state index is 12.8. The molecule has 2 saturated heterocycles. The van der Waals surface area contributed by atoms with E-state index in [2.05, 4.69) is 30.6 Å². The molecule has 4 heterocycles. The number of benzene rings is 4. The van der Waals surface area contributed by atoms with Crippen LogP contribution in [0, 0.1) is 0 Å². The Hall–Kier alpha value is -5.30. The molecule has 8 rings (SSSR count). The normalized spacial score (nSPS) is 15.3. The molecule has 2 aliphatic heterocycles. The molecule has 2 radical (unpaired) electrons. The van der Waals surface area contributed by atoms with Crippen molar-refractivity contribution in [3.8, 4) is 0 Å². The van der Waals surface area contributed by atoms with Gasteiger partial charge in [-0.3, -0.25) is 0 Å². The van der Waals surface area contributed by atoms with Crippen molar-refractivity contribution in [2.24, 2.45) is 0 Å². The summed E-state index contributed by atoms with van der Waals surface area (Å²) < 4.78 is 84.9. The Kier molecular flexibility index (Phi) is 13.6. The zero-order chi connectivity index (χ0) is 43.1. The number of aromatic nitrogens is 6. The van der Waals surface area contributed by atoms with E-state index in [9.17, 15) is 25.9 Å². The summed E-state index contributed by atoms with van der Waals surface area (Å²) in [4.78, 5) is 31.2. The predicted molar refractivity (Wildman–Crippen MR) is 237 cm³/mol. The van der Waals surface area contributed by atoms with Crippen molar-refractivity contribution in [2.75, 3.05) is 73.0 Å². The van der Waals surface area contributed by atoms with Crippen molar-refractivity contribution < 1.29 is 35.4 Å². The summed E-state index contributed by atoms with van der Waals surface area (Å²) in [5.74, 6) is 1.57. The topological polar surface area (TPSA) is 235 Å². The van der Waals surface area contributed by atoms with Crippen LogP contribution in [0.25, 0.3) is 12.2 Å². The summed E-state index contributed by atoms with van der Waals surface area (Å²) in [6, 6.07) is 28.0. The van der Waals surface area contributed by atoms with Gasteiger partial charge in [-0.2, -0.15) is 0 Å². The van der Waals surface area contributed by atoms with E-state index in [0.29, 0.717) is 94.3 Å². The van der Waals surface area contributed by atoms with E-state index in [1.807, 2.05) is 70.5 Å². The second-order valence-electron chi connectivity index (χ2n) is 13.7. The van der Waals surface area contributed by atoms with Crippen molar-refractivity contribution in [3.05, 3.63) is 108 Å². The van der Waals surface area contributed by atoms with Crippen LogP contribution in [0.15, 0.2) is 107 Å². The number of anilines is 6. The van der Waals surface area contributed by atoms with Crippen LogP contribution in [-0.4, -0.2) is 140 Å². The minimum atomic E-state index is -4.76. The Morgan fingerprint density at radius 1 is 0.532 bits per heavy atom. The first-order valence-corrected chi connectivity index (χ1v) is 25.7. The zero-order valence-corrected chi connectivity index (χ0v) is 38.1. The SMILES string of the molecule is O=S(=O)(O)c1cc([As]c2nc(Nc3ccccc3)nc(N3CCOCC3)n2)ccc1/C=C/c1ccc([As]c2nc(Nc3ccccc3)nc(N3CCOCC3)n2)cc1S(=O)(=O)O. The standard InChI is InChI=1S/C40H38As2N10O8S2/c53-61(54,55)33-25-29(41-35-45-37(43-31-7-3-1-4-8-31)49-39(47-35)51-17-21-59-22-18-51)15-13-27(33)11-12-28-14-16-30(26-34(28)62(56,57)58)42-36-46-38(44-32-9-5-2-6-10-32)50-40(48-36)52-19-23-60-24-20-52/h1-16,25-26H,17-24H2,(H,53,54,55)(H,56,57,58)(H,43,45,47,49)(H,44,46,48,50)/b12-11+. The molecule has 318 valence electrons. The van der Waals surface area contributed by atoms with Crippen LogP contribution in [-0.2, 0) is 29.7 Å². The number of hydrogen-bond donors (Lipinski definition) is 4. The van der Waals surface area contributed by atoms with Gasteiger partial charge in [-0.05, 0) is 0 Å². The molecule has 22 heteroatoms. The van der Waals surface area contributed by atoms with Gasteiger partial charge < -0.3 is 0 Å². The summed E-state index contributed by atoms with van der Waals surface area (Å²) in [5.41, 5.74) is 1.73. The van der Waals surface area contributed by atoms with Crippen LogP contribution < -0.4 is 38.4 Å². The van der Waals surface area contributed by atoms with Crippen LogP contribution in [0.2, 0.25) is 0 Å². The van der Waals surface area contributed by atoms with E-state index in [-0.39, 0.29) is 11.1 Å². The van der Waals surface area contributed by atoms with Gasteiger partial charge in [-0.1, -0.05) is 0 Å². The van der Waals surface area contributed by atoms with Gasteiger partial charge in [0.2, 0.25) is 0 Å². The number of morpholine rings is 2. The van der Waals surface area contributed by atoms with Crippen molar-refractivity contribution in [1.82, 2.24) is 29.9 Å². The summed E-state index contributed by atoms with van der Waals surface area (Å²) in [7, 11) is -9.53. The number of nitrogens with one attached hydrogen (secondary N) is 2. The van der Waals surface area contributed by atoms with Gasteiger partial charge in [-0.15, -0.1) is 0 Å². The fourth-order valence-corrected chi connectivity index (χ4v) is 11.7. The van der Waals surface area contributed by atoms with Crippen LogP contribution in [0.1, 0.15) is 11.1 Å². The van der Waals surface area contributed by atoms with Gasteiger partial charge in [0.1, 0.15) is 0 Å². The molecule has 2 aliphatic rings.